The van der Waals surface area contributed by atoms with Crippen molar-refractivity contribution in [3.05, 3.63) is 29.0 Å². The fourth-order valence-corrected chi connectivity index (χ4v) is 1.72. The minimum absolute atomic E-state index is 0.189. The Morgan fingerprint density at radius 2 is 2.20 bits per heavy atom. The average molecular weight is 229 g/mol. The molecule has 0 aliphatic heterocycles. The number of rotatable bonds is 4. The zero-order valence-electron chi connectivity index (χ0n) is 8.39. The topological polar surface area (TPSA) is 38.0 Å². The second-order valence-corrected chi connectivity index (χ2v) is 4.62. The summed E-state index contributed by atoms with van der Waals surface area (Å²) in [6.45, 7) is 1.38. The van der Waals surface area contributed by atoms with Crippen LogP contribution in [0.4, 0.5) is 10.1 Å². The number of anilines is 1. The highest BCUT2D eigenvalue weighted by Crippen LogP contribution is 2.44. The van der Waals surface area contributed by atoms with Crippen molar-refractivity contribution in [1.82, 2.24) is 0 Å². The lowest BCUT2D eigenvalue weighted by Crippen LogP contribution is -2.24. The predicted octanol–water partition coefficient (Wildman–Crippen LogP) is 2.63. The molecule has 1 aromatic carbocycles. The molecule has 0 unspecified atom stereocenters. The van der Waals surface area contributed by atoms with Crippen LogP contribution >= 0.6 is 11.6 Å². The Labute approximate surface area is 93.6 Å². The van der Waals surface area contributed by atoms with E-state index >= 15 is 0 Å². The van der Waals surface area contributed by atoms with Crippen molar-refractivity contribution < 1.29 is 4.39 Å². The molecule has 3 N–H and O–H groups in total. The molecule has 15 heavy (non-hydrogen) atoms. The number of benzene rings is 1. The molecule has 0 radical (unpaired) electrons. The summed E-state index contributed by atoms with van der Waals surface area (Å²) in [7, 11) is 0. The Bertz CT molecular complexity index is 364. The van der Waals surface area contributed by atoms with Gasteiger partial charge in [0.2, 0.25) is 0 Å². The number of nitrogens with two attached hydrogens (primary N) is 1. The van der Waals surface area contributed by atoms with Crippen molar-refractivity contribution in [1.29, 1.82) is 0 Å². The monoisotopic (exact) mass is 228 g/mol. The molecule has 1 fully saturated rings. The molecular formula is C11H14ClFN2. The van der Waals surface area contributed by atoms with Crippen LogP contribution in [0.1, 0.15) is 12.8 Å². The molecule has 0 amide bonds. The first-order valence-electron chi connectivity index (χ1n) is 5.04. The van der Waals surface area contributed by atoms with Crippen LogP contribution in [0.15, 0.2) is 18.2 Å². The van der Waals surface area contributed by atoms with Gasteiger partial charge in [-0.15, -0.1) is 0 Å². The third-order valence-corrected chi connectivity index (χ3v) is 3.21. The van der Waals surface area contributed by atoms with Crippen molar-refractivity contribution in [3.8, 4) is 0 Å². The molecule has 1 aliphatic carbocycles. The number of hydrogen-bond acceptors (Lipinski definition) is 2. The van der Waals surface area contributed by atoms with Crippen LogP contribution < -0.4 is 11.1 Å². The molecule has 1 saturated carbocycles. The van der Waals surface area contributed by atoms with E-state index in [0.29, 0.717) is 17.3 Å². The van der Waals surface area contributed by atoms with Crippen LogP contribution in [-0.2, 0) is 0 Å². The average Bonchev–Trinajstić information content (AvgIpc) is 3.00. The Morgan fingerprint density at radius 1 is 1.47 bits per heavy atom. The standard InChI is InChI=1S/C11H14ClFN2/c12-8-1-2-9(13)10(5-8)15-7-11(6-14)3-4-11/h1-2,5,15H,3-4,6-7,14H2. The Hall–Kier alpha value is -0.800. The molecule has 4 heteroatoms. The van der Waals surface area contributed by atoms with Gasteiger partial charge in [-0.2, -0.15) is 0 Å². The summed E-state index contributed by atoms with van der Waals surface area (Å²) < 4.78 is 13.3. The number of hydrogen-bond donors (Lipinski definition) is 2. The summed E-state index contributed by atoms with van der Waals surface area (Å²) in [5, 5.41) is 3.61. The van der Waals surface area contributed by atoms with Gasteiger partial charge in [-0.05, 0) is 43.0 Å². The van der Waals surface area contributed by atoms with E-state index in [9.17, 15) is 4.39 Å². The highest BCUT2D eigenvalue weighted by atomic mass is 35.5. The van der Waals surface area contributed by atoms with Crippen molar-refractivity contribution in [2.24, 2.45) is 11.1 Å². The van der Waals surface area contributed by atoms with Gasteiger partial charge >= 0.3 is 0 Å². The lowest BCUT2D eigenvalue weighted by molar-refractivity contribution is 0.551. The van der Waals surface area contributed by atoms with Gasteiger partial charge in [-0.25, -0.2) is 4.39 Å². The summed E-state index contributed by atoms with van der Waals surface area (Å²) in [6, 6.07) is 4.51. The van der Waals surface area contributed by atoms with Crippen LogP contribution in [0.5, 0.6) is 0 Å². The molecule has 0 heterocycles. The van der Waals surface area contributed by atoms with Gasteiger partial charge in [-0.1, -0.05) is 11.6 Å². The van der Waals surface area contributed by atoms with E-state index in [1.165, 1.54) is 12.1 Å². The van der Waals surface area contributed by atoms with E-state index in [1.54, 1.807) is 6.07 Å². The minimum atomic E-state index is -0.271. The number of halogens is 2. The first-order valence-corrected chi connectivity index (χ1v) is 5.42. The van der Waals surface area contributed by atoms with Crippen LogP contribution in [0.25, 0.3) is 0 Å². The van der Waals surface area contributed by atoms with Gasteiger partial charge in [-0.3, -0.25) is 0 Å². The number of nitrogens with one attached hydrogen (secondary N) is 1. The largest absolute Gasteiger partial charge is 0.382 e. The molecule has 1 aliphatic rings. The van der Waals surface area contributed by atoms with Gasteiger partial charge < -0.3 is 11.1 Å². The van der Waals surface area contributed by atoms with Gasteiger partial charge in [0, 0.05) is 11.6 Å². The molecule has 1 aromatic rings. The van der Waals surface area contributed by atoms with E-state index in [2.05, 4.69) is 5.32 Å². The van der Waals surface area contributed by atoms with Gasteiger partial charge in [0.25, 0.3) is 0 Å². The lowest BCUT2D eigenvalue weighted by Gasteiger charge is -2.14. The maximum Gasteiger partial charge on any atom is 0.146 e. The Morgan fingerprint density at radius 3 is 2.80 bits per heavy atom. The van der Waals surface area contributed by atoms with Crippen molar-refractivity contribution in [2.75, 3.05) is 18.4 Å². The van der Waals surface area contributed by atoms with Crippen LogP contribution in [-0.4, -0.2) is 13.1 Å². The third-order valence-electron chi connectivity index (χ3n) is 2.97. The first kappa shape index (κ1) is 10.7. The lowest BCUT2D eigenvalue weighted by atomic mass is 10.1. The normalized spacial score (nSPS) is 17.5. The Kier molecular flexibility index (Phi) is 2.85. The van der Waals surface area contributed by atoms with Crippen molar-refractivity contribution in [3.63, 3.8) is 0 Å². The molecular weight excluding hydrogens is 215 g/mol. The molecule has 2 rings (SSSR count). The van der Waals surface area contributed by atoms with Gasteiger partial charge in [0.15, 0.2) is 0 Å². The van der Waals surface area contributed by atoms with Gasteiger partial charge in [0.1, 0.15) is 5.82 Å². The molecule has 0 aromatic heterocycles. The van der Waals surface area contributed by atoms with E-state index in [1.807, 2.05) is 0 Å². The quantitative estimate of drug-likeness (QED) is 0.832. The summed E-state index contributed by atoms with van der Waals surface area (Å²) in [6.07, 6.45) is 2.25. The maximum atomic E-state index is 13.3. The Balaban J connectivity index is 2.01. The predicted molar refractivity (Wildman–Crippen MR) is 60.6 cm³/mol. The van der Waals surface area contributed by atoms with Crippen molar-refractivity contribution >= 4 is 17.3 Å². The smallest absolute Gasteiger partial charge is 0.146 e. The molecule has 0 atom stereocenters. The first-order chi connectivity index (χ1) is 7.15. The maximum absolute atomic E-state index is 13.3. The van der Waals surface area contributed by atoms with Crippen molar-refractivity contribution in [2.45, 2.75) is 12.8 Å². The van der Waals surface area contributed by atoms with E-state index in [4.69, 9.17) is 17.3 Å². The fraction of sp³-hybridized carbons (Fsp3) is 0.455. The second kappa shape index (κ2) is 3.99. The fourth-order valence-electron chi connectivity index (χ4n) is 1.55. The summed E-state index contributed by atoms with van der Waals surface area (Å²) in [5.74, 6) is -0.271. The molecule has 0 saturated heterocycles. The van der Waals surface area contributed by atoms with Gasteiger partial charge in [0.05, 0.1) is 5.69 Å². The van der Waals surface area contributed by atoms with E-state index in [-0.39, 0.29) is 11.2 Å². The van der Waals surface area contributed by atoms with Crippen LogP contribution in [0, 0.1) is 11.2 Å². The van der Waals surface area contributed by atoms with E-state index < -0.39 is 0 Å². The van der Waals surface area contributed by atoms with Crippen LogP contribution in [0.2, 0.25) is 5.02 Å². The third kappa shape index (κ3) is 2.41. The zero-order chi connectivity index (χ0) is 10.9. The highest BCUT2D eigenvalue weighted by Gasteiger charge is 2.40. The molecule has 2 nitrogen and oxygen atoms in total. The SMILES string of the molecule is NCC1(CNc2cc(Cl)ccc2F)CC1. The zero-order valence-corrected chi connectivity index (χ0v) is 9.15. The molecule has 0 bridgehead atoms. The van der Waals surface area contributed by atoms with E-state index in [0.717, 1.165) is 19.4 Å². The minimum Gasteiger partial charge on any atom is -0.382 e. The highest BCUT2D eigenvalue weighted by molar-refractivity contribution is 6.30. The van der Waals surface area contributed by atoms with Crippen LogP contribution in [0.3, 0.4) is 0 Å². The summed E-state index contributed by atoms with van der Waals surface area (Å²) in [5.41, 5.74) is 6.29. The molecule has 0 spiro atoms. The second-order valence-electron chi connectivity index (χ2n) is 4.18. The summed E-state index contributed by atoms with van der Waals surface area (Å²) in [4.78, 5) is 0. The summed E-state index contributed by atoms with van der Waals surface area (Å²) >= 11 is 5.78. The molecule has 82 valence electrons.